The van der Waals surface area contributed by atoms with Crippen molar-refractivity contribution >= 4 is 76.8 Å². The molecule has 14 nitrogen and oxygen atoms in total. The van der Waals surface area contributed by atoms with E-state index in [9.17, 15) is 30.8 Å². The lowest BCUT2D eigenvalue weighted by Crippen LogP contribution is -2.38. The van der Waals surface area contributed by atoms with Crippen LogP contribution >= 0.6 is 22.9 Å². The van der Waals surface area contributed by atoms with Crippen molar-refractivity contribution in [3.05, 3.63) is 121 Å². The molecule has 2 N–H and O–H groups in total. The number of alkyl halides is 4. The Morgan fingerprint density at radius 2 is 1.77 bits per heavy atom. The molecule has 1 amide bonds. The van der Waals surface area contributed by atoms with Gasteiger partial charge in [0.2, 0.25) is 15.9 Å². The van der Waals surface area contributed by atoms with Crippen LogP contribution in [0.25, 0.3) is 49.1 Å². The topological polar surface area (TPSA) is 172 Å². The number of rotatable bonds is 11. The fraction of sp³-hybridized carbons (Fsp3) is 0.262. The largest absolute Gasteiger partial charge is 0.344 e. The minimum Gasteiger partial charge on any atom is -0.344 e. The molecule has 5 heterocycles. The number of hydrogen-bond donors (Lipinski definition) is 2. The zero-order valence-electron chi connectivity index (χ0n) is 33.9. The summed E-state index contributed by atoms with van der Waals surface area (Å²) in [6.45, 7) is 0.872. The number of pyridine rings is 1. The minimum absolute atomic E-state index is 0.000421. The van der Waals surface area contributed by atoms with Crippen LogP contribution in [0.15, 0.2) is 65.5 Å². The number of carbonyl (C=O) groups is 1. The number of aromatic nitrogens is 8. The van der Waals surface area contributed by atoms with Crippen LogP contribution in [-0.4, -0.2) is 59.7 Å². The van der Waals surface area contributed by atoms with Crippen LogP contribution in [0.1, 0.15) is 58.2 Å². The van der Waals surface area contributed by atoms with Gasteiger partial charge in [-0.05, 0) is 73.4 Å². The molecular weight excluding hydrogens is 922 g/mol. The molecule has 2 aliphatic carbocycles. The monoisotopic (exact) mass is 952 g/mol. The first-order valence-corrected chi connectivity index (χ1v) is 22.8. The lowest BCUT2D eigenvalue weighted by molar-refractivity contribution is -0.123. The van der Waals surface area contributed by atoms with Crippen molar-refractivity contribution in [2.45, 2.75) is 50.6 Å². The Morgan fingerprint density at radius 1 is 1.02 bits per heavy atom. The summed E-state index contributed by atoms with van der Waals surface area (Å²) in [7, 11) is -2.47. The highest BCUT2D eigenvalue weighted by atomic mass is 35.5. The van der Waals surface area contributed by atoms with E-state index in [2.05, 4.69) is 25.2 Å². The molecule has 0 bridgehead atoms. The summed E-state index contributed by atoms with van der Waals surface area (Å²) in [5.41, 5.74) is -1.02. The van der Waals surface area contributed by atoms with Crippen LogP contribution in [0.5, 0.6) is 0 Å². The molecular formula is C42H31ClF6N10O4S2. The van der Waals surface area contributed by atoms with Crippen molar-refractivity contribution in [3.63, 3.8) is 0 Å². The van der Waals surface area contributed by atoms with E-state index < -0.39 is 87.7 Å². The van der Waals surface area contributed by atoms with Crippen molar-refractivity contribution in [2.24, 2.45) is 13.0 Å². The molecule has 5 aromatic heterocycles. The number of thiazole rings is 1. The second-order valence-corrected chi connectivity index (χ2v) is 19.4. The molecule has 0 aliphatic heterocycles. The number of fused-ring (bicyclic) bond motifs is 6. The lowest BCUT2D eigenvalue weighted by atomic mass is 10.0. The summed E-state index contributed by atoms with van der Waals surface area (Å²) >= 11 is 8.11. The predicted octanol–water partition coefficient (Wildman–Crippen LogP) is 8.00. The summed E-state index contributed by atoms with van der Waals surface area (Å²) in [5.74, 6) is -9.13. The van der Waals surface area contributed by atoms with Gasteiger partial charge in [-0.25, -0.2) is 40.9 Å². The van der Waals surface area contributed by atoms with E-state index in [1.54, 1.807) is 12.1 Å². The van der Waals surface area contributed by atoms with Gasteiger partial charge in [0.1, 0.15) is 35.4 Å². The molecule has 10 rings (SSSR count). The van der Waals surface area contributed by atoms with Crippen LogP contribution in [-0.2, 0) is 40.8 Å². The average molecular weight is 953 g/mol. The maximum atomic E-state index is 15.6. The van der Waals surface area contributed by atoms with Crippen LogP contribution in [0, 0.1) is 24.5 Å². The number of aryl methyl sites for hydroxylation is 2. The number of benzene rings is 3. The number of hydrogen-bond acceptors (Lipinski definition) is 10. The smallest absolute Gasteiger partial charge is 0.293 e. The Kier molecular flexibility index (Phi) is 9.88. The Balaban J connectivity index is 1.18. The highest BCUT2D eigenvalue weighted by Crippen LogP contribution is 2.68. The Morgan fingerprint density at radius 3 is 2.49 bits per heavy atom. The summed E-state index contributed by atoms with van der Waals surface area (Å²) in [6.07, 6.45) is -2.80. The van der Waals surface area contributed by atoms with Crippen molar-refractivity contribution in [3.8, 4) is 16.9 Å². The van der Waals surface area contributed by atoms with E-state index in [0.29, 0.717) is 22.0 Å². The third kappa shape index (κ3) is 7.36. The molecule has 8 aromatic rings. The van der Waals surface area contributed by atoms with E-state index in [4.69, 9.17) is 21.6 Å². The fourth-order valence-electron chi connectivity index (χ4n) is 8.82. The van der Waals surface area contributed by atoms with Gasteiger partial charge in [0, 0.05) is 36.6 Å². The highest BCUT2D eigenvalue weighted by Gasteiger charge is 2.67. The van der Waals surface area contributed by atoms with Gasteiger partial charge >= 0.3 is 0 Å². The number of sulfonamides is 1. The van der Waals surface area contributed by atoms with Crippen molar-refractivity contribution in [2.75, 3.05) is 11.0 Å². The molecule has 3 atom stereocenters. The van der Waals surface area contributed by atoms with Gasteiger partial charge in [0.15, 0.2) is 11.5 Å². The number of nitrogens with one attached hydrogen (secondary N) is 2. The highest BCUT2D eigenvalue weighted by molar-refractivity contribution is 7.92. The molecule has 0 saturated heterocycles. The number of amides is 1. The summed E-state index contributed by atoms with van der Waals surface area (Å²) in [4.78, 5) is 43.4. The van der Waals surface area contributed by atoms with Crippen LogP contribution in [0.3, 0.4) is 0 Å². The fourth-order valence-corrected chi connectivity index (χ4v) is 10.4. The zero-order chi connectivity index (χ0) is 46.0. The third-order valence-corrected chi connectivity index (χ3v) is 13.3. The maximum Gasteiger partial charge on any atom is 0.293 e. The van der Waals surface area contributed by atoms with Crippen LogP contribution in [0.4, 0.5) is 32.2 Å². The summed E-state index contributed by atoms with van der Waals surface area (Å²) < 4.78 is 120. The Hall–Kier alpha value is -6.39. The number of anilines is 1. The molecule has 0 spiro atoms. The summed E-state index contributed by atoms with van der Waals surface area (Å²) in [6, 6.07) is 12.4. The number of carbonyl (C=O) groups excluding carboxylic acids is 1. The molecule has 1 fully saturated rings. The van der Waals surface area contributed by atoms with E-state index in [1.165, 1.54) is 41.3 Å². The van der Waals surface area contributed by atoms with Gasteiger partial charge in [-0.3, -0.25) is 28.2 Å². The molecule has 2 aliphatic rings. The minimum atomic E-state index is -3.92. The van der Waals surface area contributed by atoms with Gasteiger partial charge in [-0.15, -0.1) is 11.3 Å². The maximum absolute atomic E-state index is 15.6. The second-order valence-electron chi connectivity index (χ2n) is 16.0. The first kappa shape index (κ1) is 42.6. The van der Waals surface area contributed by atoms with E-state index in [0.717, 1.165) is 38.2 Å². The van der Waals surface area contributed by atoms with Crippen LogP contribution < -0.4 is 15.6 Å². The second kappa shape index (κ2) is 15.1. The molecule has 0 radical (unpaired) electrons. The average Bonchev–Trinajstić information content (AvgIpc) is 3.52. The SMILES string of the molecule is Cc1nc2ccc(-c3ccc4c(=O)n(-c5ccc(Cl)c6c(NS(C)(=O)=O)nn(C)c56)c([C@H](Cc5cc(F)cc(F)c5)NC(=O)Cn5nc(C(F)F)c6c5C(F)(F)[C@@H]5C[C@H]65)nc4n3)cc2s1. The van der Waals surface area contributed by atoms with E-state index in [1.807, 2.05) is 19.1 Å². The molecule has 3 aromatic carbocycles. The van der Waals surface area contributed by atoms with Gasteiger partial charge in [0.05, 0.1) is 60.2 Å². The standard InChI is InChI=1S/C42H31ClF6N10O4S2/c1-17-50-27-7-4-19(13-30(27)64-17)26-8-5-22-38(52-26)53-40(59(41(22)61)29-9-6-25(43)33-35(29)57(2)55-39(33)56-65(3,62)63)28(12-18-10-20(44)14-21(45)11-18)51-31(60)16-58-36-32(34(54-58)37(46)47)23-15-24(23)42(36,48)49/h4-11,13-14,23-24,28,37H,12,15-16H2,1-3H3,(H,51,60)(H,55,56)/t23-,24+,28-/m0/s1. The number of nitrogens with zero attached hydrogens (tertiary/aromatic N) is 8. The summed E-state index contributed by atoms with van der Waals surface area (Å²) in [5, 5.41) is 11.6. The van der Waals surface area contributed by atoms with E-state index in [-0.39, 0.29) is 61.8 Å². The Bertz CT molecular complexity index is 3500. The van der Waals surface area contributed by atoms with Gasteiger partial charge in [0.25, 0.3) is 17.9 Å². The lowest BCUT2D eigenvalue weighted by Gasteiger charge is -2.24. The van der Waals surface area contributed by atoms with Crippen molar-refractivity contribution in [1.82, 2.24) is 44.4 Å². The first-order chi connectivity index (χ1) is 30.7. The van der Waals surface area contributed by atoms with Crippen LogP contribution in [0.2, 0.25) is 5.02 Å². The molecule has 0 unspecified atom stereocenters. The number of halogens is 7. The molecule has 23 heteroatoms. The quantitative estimate of drug-likeness (QED) is 0.122. The zero-order valence-corrected chi connectivity index (χ0v) is 36.3. The van der Waals surface area contributed by atoms with Gasteiger partial charge < -0.3 is 5.32 Å². The molecule has 65 heavy (non-hydrogen) atoms. The third-order valence-electron chi connectivity index (χ3n) is 11.5. The molecule has 334 valence electrons. The van der Waals surface area contributed by atoms with Gasteiger partial charge in [-0.2, -0.15) is 19.0 Å². The first-order valence-electron chi connectivity index (χ1n) is 19.7. The predicted molar refractivity (Wildman–Crippen MR) is 229 cm³/mol. The normalized spacial score (nSPS) is 17.0. The van der Waals surface area contributed by atoms with Crippen molar-refractivity contribution in [1.29, 1.82) is 0 Å². The Labute approximate surface area is 371 Å². The molecule has 1 saturated carbocycles. The van der Waals surface area contributed by atoms with Gasteiger partial charge in [-0.1, -0.05) is 17.7 Å². The van der Waals surface area contributed by atoms with E-state index >= 15 is 13.6 Å². The van der Waals surface area contributed by atoms with Crippen molar-refractivity contribution < 1.29 is 39.6 Å².